The second kappa shape index (κ2) is 3.53. The maximum Gasteiger partial charge on any atom is 0.309 e. The Labute approximate surface area is 103 Å². The minimum Gasteiger partial charge on any atom is -0.481 e. The van der Waals surface area contributed by atoms with Crippen molar-refractivity contribution in [2.45, 2.75) is 19.3 Å². The molecule has 17 heavy (non-hydrogen) atoms. The molecule has 0 saturated heterocycles. The Balaban J connectivity index is 1.90. The highest BCUT2D eigenvalue weighted by molar-refractivity contribution is 6.32. The summed E-state index contributed by atoms with van der Waals surface area (Å²) in [6, 6.07) is 3.58. The van der Waals surface area contributed by atoms with Crippen molar-refractivity contribution < 1.29 is 19.4 Å². The normalized spacial score (nSPS) is 19.1. The van der Waals surface area contributed by atoms with Gasteiger partial charge < -0.3 is 14.6 Å². The molecule has 1 N–H and O–H groups in total. The highest BCUT2D eigenvalue weighted by Crippen LogP contribution is 2.50. The summed E-state index contributed by atoms with van der Waals surface area (Å²) in [5.41, 5.74) is 0.302. The van der Waals surface area contributed by atoms with Gasteiger partial charge in [0.2, 0.25) is 6.79 Å². The lowest BCUT2D eigenvalue weighted by atomic mass is 9.96. The molecule has 1 heterocycles. The van der Waals surface area contributed by atoms with E-state index in [1.807, 2.05) is 6.07 Å². The zero-order valence-corrected chi connectivity index (χ0v) is 9.79. The molecule has 5 heteroatoms. The molecule has 0 aromatic heterocycles. The van der Waals surface area contributed by atoms with Gasteiger partial charge >= 0.3 is 5.97 Å². The Morgan fingerprint density at radius 1 is 1.41 bits per heavy atom. The number of carbonyl (C=O) groups is 1. The monoisotopic (exact) mass is 254 g/mol. The van der Waals surface area contributed by atoms with Crippen molar-refractivity contribution in [2.75, 3.05) is 6.79 Å². The van der Waals surface area contributed by atoms with Crippen LogP contribution in [0, 0.1) is 5.41 Å². The number of hydrogen-bond acceptors (Lipinski definition) is 3. The zero-order chi connectivity index (χ0) is 12.0. The molecular formula is C12H11ClO4. The van der Waals surface area contributed by atoms with E-state index in [0.29, 0.717) is 22.9 Å². The van der Waals surface area contributed by atoms with Crippen molar-refractivity contribution in [2.24, 2.45) is 5.41 Å². The molecule has 0 radical (unpaired) electrons. The standard InChI is InChI=1S/C12H11ClO4/c13-8-3-7(4-9-10(8)17-6-16-9)5-12(1-2-12)11(14)15/h3-4H,1-2,5-6H2,(H,14,15). The van der Waals surface area contributed by atoms with Crippen molar-refractivity contribution >= 4 is 17.6 Å². The maximum absolute atomic E-state index is 11.1. The molecule has 0 bridgehead atoms. The first-order valence-electron chi connectivity index (χ1n) is 5.42. The van der Waals surface area contributed by atoms with Gasteiger partial charge in [0.15, 0.2) is 11.5 Å². The first kappa shape index (κ1) is 10.7. The van der Waals surface area contributed by atoms with Gasteiger partial charge in [0.1, 0.15) is 0 Å². The summed E-state index contributed by atoms with van der Waals surface area (Å²) < 4.78 is 10.5. The lowest BCUT2D eigenvalue weighted by Gasteiger charge is -2.10. The van der Waals surface area contributed by atoms with E-state index in [4.69, 9.17) is 26.2 Å². The van der Waals surface area contributed by atoms with Crippen LogP contribution in [0.25, 0.3) is 0 Å². The van der Waals surface area contributed by atoms with Crippen molar-refractivity contribution in [1.82, 2.24) is 0 Å². The van der Waals surface area contributed by atoms with E-state index in [-0.39, 0.29) is 6.79 Å². The third-order valence-electron chi connectivity index (χ3n) is 3.34. The lowest BCUT2D eigenvalue weighted by Crippen LogP contribution is -2.17. The van der Waals surface area contributed by atoms with Crippen LogP contribution in [0.4, 0.5) is 0 Å². The molecule has 3 rings (SSSR count). The summed E-state index contributed by atoms with van der Waals surface area (Å²) in [7, 11) is 0. The smallest absolute Gasteiger partial charge is 0.309 e. The summed E-state index contributed by atoms with van der Waals surface area (Å²) in [5.74, 6) is 0.426. The van der Waals surface area contributed by atoms with Crippen molar-refractivity contribution in [1.29, 1.82) is 0 Å². The number of ether oxygens (including phenoxy) is 2. The molecule has 1 fully saturated rings. The second-order valence-electron chi connectivity index (χ2n) is 4.57. The summed E-state index contributed by atoms with van der Waals surface area (Å²) in [6.07, 6.45) is 1.96. The summed E-state index contributed by atoms with van der Waals surface area (Å²) in [5, 5.41) is 9.62. The van der Waals surface area contributed by atoms with Crippen LogP contribution in [0.5, 0.6) is 11.5 Å². The number of halogens is 1. The first-order valence-corrected chi connectivity index (χ1v) is 5.80. The number of hydrogen-bond donors (Lipinski definition) is 1. The fourth-order valence-corrected chi connectivity index (χ4v) is 2.42. The van der Waals surface area contributed by atoms with E-state index in [0.717, 1.165) is 18.4 Å². The van der Waals surface area contributed by atoms with E-state index in [1.165, 1.54) is 0 Å². The van der Waals surface area contributed by atoms with Gasteiger partial charge in [-0.15, -0.1) is 0 Å². The van der Waals surface area contributed by atoms with Gasteiger partial charge in [-0.3, -0.25) is 4.79 Å². The third kappa shape index (κ3) is 1.72. The van der Waals surface area contributed by atoms with Crippen molar-refractivity contribution in [3.05, 3.63) is 22.7 Å². The number of rotatable bonds is 3. The summed E-state index contributed by atoms with van der Waals surface area (Å²) in [6.45, 7) is 0.169. The van der Waals surface area contributed by atoms with E-state index in [9.17, 15) is 4.79 Å². The molecule has 0 atom stereocenters. The predicted octanol–water partition coefficient (Wildman–Crippen LogP) is 2.48. The molecule has 0 spiro atoms. The van der Waals surface area contributed by atoms with Gasteiger partial charge in [-0.05, 0) is 37.0 Å². The number of benzene rings is 1. The van der Waals surface area contributed by atoms with Crippen LogP contribution >= 0.6 is 11.6 Å². The van der Waals surface area contributed by atoms with E-state index < -0.39 is 11.4 Å². The molecule has 90 valence electrons. The van der Waals surface area contributed by atoms with Crippen LogP contribution in [0.15, 0.2) is 12.1 Å². The van der Waals surface area contributed by atoms with Gasteiger partial charge in [-0.25, -0.2) is 0 Å². The molecule has 1 aliphatic heterocycles. The quantitative estimate of drug-likeness (QED) is 0.900. The molecule has 0 unspecified atom stereocenters. The van der Waals surface area contributed by atoms with E-state index in [2.05, 4.69) is 0 Å². The average Bonchev–Trinajstić information content (AvgIpc) is 2.89. The minimum absolute atomic E-state index is 0.169. The number of carboxylic acid groups (broad SMARTS) is 1. The Morgan fingerprint density at radius 2 is 2.18 bits per heavy atom. The lowest BCUT2D eigenvalue weighted by molar-refractivity contribution is -0.143. The topological polar surface area (TPSA) is 55.8 Å². The van der Waals surface area contributed by atoms with Gasteiger partial charge in [-0.1, -0.05) is 11.6 Å². The fraction of sp³-hybridized carbons (Fsp3) is 0.417. The van der Waals surface area contributed by atoms with Gasteiger partial charge in [0.25, 0.3) is 0 Å². The summed E-state index contributed by atoms with van der Waals surface area (Å²) >= 11 is 6.05. The van der Waals surface area contributed by atoms with Crippen molar-refractivity contribution in [3.8, 4) is 11.5 Å². The second-order valence-corrected chi connectivity index (χ2v) is 4.98. The molecular weight excluding hydrogens is 244 g/mol. The molecule has 2 aliphatic rings. The SMILES string of the molecule is O=C(O)C1(Cc2cc(Cl)c3c(c2)OCO3)CC1. The van der Waals surface area contributed by atoms with E-state index in [1.54, 1.807) is 6.07 Å². The van der Waals surface area contributed by atoms with Crippen molar-refractivity contribution in [3.63, 3.8) is 0 Å². The fourth-order valence-electron chi connectivity index (χ4n) is 2.13. The van der Waals surface area contributed by atoms with Gasteiger partial charge in [-0.2, -0.15) is 0 Å². The van der Waals surface area contributed by atoms with Crippen LogP contribution in [-0.2, 0) is 11.2 Å². The van der Waals surface area contributed by atoms with Gasteiger partial charge in [0.05, 0.1) is 10.4 Å². The average molecular weight is 255 g/mol. The largest absolute Gasteiger partial charge is 0.481 e. The zero-order valence-electron chi connectivity index (χ0n) is 9.03. The highest BCUT2D eigenvalue weighted by Gasteiger charge is 2.50. The molecule has 1 saturated carbocycles. The number of aliphatic carboxylic acids is 1. The highest BCUT2D eigenvalue weighted by atomic mass is 35.5. The van der Waals surface area contributed by atoms with Crippen LogP contribution in [0.3, 0.4) is 0 Å². The Morgan fingerprint density at radius 3 is 2.82 bits per heavy atom. The van der Waals surface area contributed by atoms with E-state index >= 15 is 0 Å². The Kier molecular flexibility index (Phi) is 2.23. The Bertz CT molecular complexity index is 494. The molecule has 4 nitrogen and oxygen atoms in total. The third-order valence-corrected chi connectivity index (χ3v) is 3.62. The van der Waals surface area contributed by atoms with Crippen LogP contribution < -0.4 is 9.47 Å². The van der Waals surface area contributed by atoms with Crippen LogP contribution in [-0.4, -0.2) is 17.9 Å². The number of carboxylic acids is 1. The van der Waals surface area contributed by atoms with Gasteiger partial charge in [0, 0.05) is 0 Å². The summed E-state index contributed by atoms with van der Waals surface area (Å²) in [4.78, 5) is 11.1. The Hall–Kier alpha value is -1.42. The maximum atomic E-state index is 11.1. The molecule has 0 amide bonds. The molecule has 1 aliphatic carbocycles. The molecule has 1 aromatic carbocycles. The predicted molar refractivity (Wildman–Crippen MR) is 60.6 cm³/mol. The van der Waals surface area contributed by atoms with Crippen LogP contribution in [0.2, 0.25) is 5.02 Å². The molecule has 1 aromatic rings. The number of fused-ring (bicyclic) bond motifs is 1. The first-order chi connectivity index (χ1) is 8.11. The van der Waals surface area contributed by atoms with Crippen LogP contribution in [0.1, 0.15) is 18.4 Å². The minimum atomic E-state index is -0.730.